The molecule has 0 saturated heterocycles. The highest BCUT2D eigenvalue weighted by molar-refractivity contribution is 7.98. The Labute approximate surface area is 83.9 Å². The maximum absolute atomic E-state index is 4.13. The summed E-state index contributed by atoms with van der Waals surface area (Å²) in [4.78, 5) is 0. The average Bonchev–Trinajstić information content (AvgIpc) is 2.48. The number of nitrogens with zero attached hydrogens (tertiary/aromatic N) is 3. The van der Waals surface area contributed by atoms with Gasteiger partial charge in [-0.3, -0.25) is 0 Å². The van der Waals surface area contributed by atoms with Gasteiger partial charge in [0, 0.05) is 13.5 Å². The van der Waals surface area contributed by atoms with Gasteiger partial charge in [0.15, 0.2) is 5.16 Å². The summed E-state index contributed by atoms with van der Waals surface area (Å²) in [6.07, 6.45) is 6.36. The number of aryl methyl sites for hydroxylation is 1. The van der Waals surface area contributed by atoms with Crippen molar-refractivity contribution in [3.63, 3.8) is 0 Å². The van der Waals surface area contributed by atoms with Crippen molar-refractivity contribution in [3.05, 3.63) is 12.7 Å². The standard InChI is InChI=1S/C9H16N3S/c1-4-5-6-7-8-10-11-9(13-3)12(8)2/h1,4-7H2,2-3H3. The predicted octanol–water partition coefficient (Wildman–Crippen LogP) is 2.08. The molecule has 0 aliphatic heterocycles. The van der Waals surface area contributed by atoms with E-state index in [-0.39, 0.29) is 0 Å². The molecule has 0 spiro atoms. The molecular weight excluding hydrogens is 182 g/mol. The van der Waals surface area contributed by atoms with Gasteiger partial charge in [0.2, 0.25) is 0 Å². The molecule has 0 fully saturated rings. The SMILES string of the molecule is [CH2]CCCCc1nnc(SC)n1C. The summed E-state index contributed by atoms with van der Waals surface area (Å²) in [5.41, 5.74) is 0. The Morgan fingerprint density at radius 3 is 2.69 bits per heavy atom. The summed E-state index contributed by atoms with van der Waals surface area (Å²) in [6, 6.07) is 0. The first-order chi connectivity index (χ1) is 6.29. The summed E-state index contributed by atoms with van der Waals surface area (Å²) in [5.74, 6) is 1.08. The van der Waals surface area contributed by atoms with Crippen LogP contribution >= 0.6 is 11.8 Å². The van der Waals surface area contributed by atoms with E-state index in [1.165, 1.54) is 6.42 Å². The van der Waals surface area contributed by atoms with Crippen LogP contribution in [-0.2, 0) is 13.5 Å². The number of hydrogen-bond donors (Lipinski definition) is 0. The number of rotatable bonds is 5. The van der Waals surface area contributed by atoms with E-state index in [0.29, 0.717) is 0 Å². The molecule has 1 heterocycles. The molecule has 0 aliphatic rings. The largest absolute Gasteiger partial charge is 0.309 e. The number of aromatic nitrogens is 3. The Hall–Kier alpha value is -0.510. The summed E-state index contributed by atoms with van der Waals surface area (Å²) in [5, 5.41) is 9.19. The molecular formula is C9H16N3S. The molecule has 1 aromatic rings. The highest BCUT2D eigenvalue weighted by atomic mass is 32.2. The van der Waals surface area contributed by atoms with E-state index in [1.807, 2.05) is 13.3 Å². The zero-order valence-electron chi connectivity index (χ0n) is 8.29. The van der Waals surface area contributed by atoms with E-state index in [4.69, 9.17) is 0 Å². The van der Waals surface area contributed by atoms with Crippen LogP contribution in [0, 0.1) is 6.92 Å². The van der Waals surface area contributed by atoms with Crippen molar-refractivity contribution < 1.29 is 0 Å². The van der Waals surface area contributed by atoms with Crippen molar-refractivity contribution in [1.82, 2.24) is 14.8 Å². The lowest BCUT2D eigenvalue weighted by Gasteiger charge is -2.00. The van der Waals surface area contributed by atoms with Gasteiger partial charge in [0.25, 0.3) is 0 Å². The molecule has 0 amide bonds. The van der Waals surface area contributed by atoms with Crippen LogP contribution in [0.25, 0.3) is 0 Å². The molecule has 0 N–H and O–H groups in total. The molecule has 1 aromatic heterocycles. The Kier molecular flexibility index (Phi) is 4.28. The third kappa shape index (κ3) is 2.72. The van der Waals surface area contributed by atoms with E-state index in [2.05, 4.69) is 21.7 Å². The fourth-order valence-electron chi connectivity index (χ4n) is 1.20. The van der Waals surface area contributed by atoms with Gasteiger partial charge in [0.05, 0.1) is 0 Å². The third-order valence-corrected chi connectivity index (χ3v) is 2.73. The summed E-state index contributed by atoms with van der Waals surface area (Å²) in [7, 11) is 2.02. The van der Waals surface area contributed by atoms with E-state index in [1.54, 1.807) is 11.8 Å². The molecule has 0 aliphatic carbocycles. The van der Waals surface area contributed by atoms with Gasteiger partial charge < -0.3 is 4.57 Å². The fraction of sp³-hybridized carbons (Fsp3) is 0.667. The summed E-state index contributed by atoms with van der Waals surface area (Å²) >= 11 is 1.63. The first-order valence-corrected chi connectivity index (χ1v) is 5.73. The van der Waals surface area contributed by atoms with E-state index in [9.17, 15) is 0 Å². The lowest BCUT2D eigenvalue weighted by atomic mass is 10.2. The first kappa shape index (κ1) is 10.6. The number of thioether (sulfide) groups is 1. The predicted molar refractivity (Wildman–Crippen MR) is 55.7 cm³/mol. The van der Waals surface area contributed by atoms with Crippen LogP contribution in [0.5, 0.6) is 0 Å². The summed E-state index contributed by atoms with van der Waals surface area (Å²) < 4.78 is 2.06. The first-order valence-electron chi connectivity index (χ1n) is 4.51. The lowest BCUT2D eigenvalue weighted by molar-refractivity contribution is 0.670. The van der Waals surface area contributed by atoms with Crippen molar-refractivity contribution in [2.75, 3.05) is 6.26 Å². The van der Waals surface area contributed by atoms with Crippen LogP contribution in [0.1, 0.15) is 25.1 Å². The normalized spacial score (nSPS) is 10.7. The zero-order chi connectivity index (χ0) is 9.68. The topological polar surface area (TPSA) is 30.7 Å². The van der Waals surface area contributed by atoms with Gasteiger partial charge in [-0.05, 0) is 12.7 Å². The van der Waals surface area contributed by atoms with Gasteiger partial charge in [-0.1, -0.05) is 31.5 Å². The van der Waals surface area contributed by atoms with Gasteiger partial charge in [-0.15, -0.1) is 10.2 Å². The molecule has 4 heteroatoms. The van der Waals surface area contributed by atoms with E-state index in [0.717, 1.165) is 30.2 Å². The second kappa shape index (κ2) is 5.27. The van der Waals surface area contributed by atoms with Crippen LogP contribution in [0.3, 0.4) is 0 Å². The van der Waals surface area contributed by atoms with Gasteiger partial charge in [-0.25, -0.2) is 0 Å². The van der Waals surface area contributed by atoms with Gasteiger partial charge in [-0.2, -0.15) is 0 Å². The van der Waals surface area contributed by atoms with E-state index < -0.39 is 0 Å². The molecule has 13 heavy (non-hydrogen) atoms. The molecule has 1 radical (unpaired) electrons. The molecule has 0 bridgehead atoms. The van der Waals surface area contributed by atoms with Crippen molar-refractivity contribution in [3.8, 4) is 0 Å². The van der Waals surface area contributed by atoms with Crippen LogP contribution < -0.4 is 0 Å². The second-order valence-electron chi connectivity index (χ2n) is 2.97. The van der Waals surface area contributed by atoms with Crippen LogP contribution in [0.4, 0.5) is 0 Å². The summed E-state index contributed by atoms with van der Waals surface area (Å²) in [6.45, 7) is 3.81. The lowest BCUT2D eigenvalue weighted by Crippen LogP contribution is -1.98. The number of hydrogen-bond acceptors (Lipinski definition) is 3. The highest BCUT2D eigenvalue weighted by Gasteiger charge is 2.05. The fourth-order valence-corrected chi connectivity index (χ4v) is 1.70. The number of unbranched alkanes of at least 4 members (excludes halogenated alkanes) is 2. The zero-order valence-corrected chi connectivity index (χ0v) is 9.10. The molecule has 1 rings (SSSR count). The Morgan fingerprint density at radius 1 is 1.38 bits per heavy atom. The van der Waals surface area contributed by atoms with Crippen molar-refractivity contribution >= 4 is 11.8 Å². The Morgan fingerprint density at radius 2 is 2.15 bits per heavy atom. The molecule has 0 unspecified atom stereocenters. The van der Waals surface area contributed by atoms with Gasteiger partial charge in [0.1, 0.15) is 5.82 Å². The van der Waals surface area contributed by atoms with E-state index >= 15 is 0 Å². The van der Waals surface area contributed by atoms with Crippen molar-refractivity contribution in [1.29, 1.82) is 0 Å². The monoisotopic (exact) mass is 198 g/mol. The Balaban J connectivity index is 2.51. The molecule has 3 nitrogen and oxygen atoms in total. The van der Waals surface area contributed by atoms with Crippen LogP contribution in [0.2, 0.25) is 0 Å². The average molecular weight is 198 g/mol. The third-order valence-electron chi connectivity index (χ3n) is 2.01. The smallest absolute Gasteiger partial charge is 0.190 e. The van der Waals surface area contributed by atoms with Gasteiger partial charge >= 0.3 is 0 Å². The second-order valence-corrected chi connectivity index (χ2v) is 3.75. The molecule has 73 valence electrons. The molecule has 0 saturated carbocycles. The maximum Gasteiger partial charge on any atom is 0.190 e. The molecule has 0 atom stereocenters. The minimum absolute atomic E-state index is 0.990. The minimum Gasteiger partial charge on any atom is -0.309 e. The highest BCUT2D eigenvalue weighted by Crippen LogP contribution is 2.12. The quantitative estimate of drug-likeness (QED) is 0.536. The molecule has 0 aromatic carbocycles. The maximum atomic E-state index is 4.13. The van der Waals surface area contributed by atoms with Crippen molar-refractivity contribution in [2.45, 2.75) is 30.8 Å². The minimum atomic E-state index is 0.990. The van der Waals surface area contributed by atoms with Crippen LogP contribution in [-0.4, -0.2) is 21.0 Å². The van der Waals surface area contributed by atoms with Crippen LogP contribution in [0.15, 0.2) is 5.16 Å². The Bertz CT molecular complexity index is 257. The van der Waals surface area contributed by atoms with Crippen molar-refractivity contribution in [2.24, 2.45) is 7.05 Å².